The third-order valence-corrected chi connectivity index (χ3v) is 5.24. The van der Waals surface area contributed by atoms with Crippen LogP contribution < -0.4 is 10.5 Å². The fourth-order valence-corrected chi connectivity index (χ4v) is 3.77. The molecule has 1 aromatic rings. The first-order valence-corrected chi connectivity index (χ1v) is 7.63. The molecule has 0 aliphatic carbocycles. The van der Waals surface area contributed by atoms with Gasteiger partial charge in [0, 0.05) is 30.7 Å². The molecule has 2 aliphatic heterocycles. The Morgan fingerprint density at radius 3 is 2.47 bits per heavy atom. The maximum Gasteiger partial charge on any atom is 0.276 e. The molecule has 106 valence electrons. The first-order valence-electron chi connectivity index (χ1n) is 6.13. The van der Waals surface area contributed by atoms with Crippen LogP contribution in [-0.2, 0) is 15.6 Å². The van der Waals surface area contributed by atoms with Crippen molar-refractivity contribution >= 4 is 28.3 Å². The van der Waals surface area contributed by atoms with Gasteiger partial charge in [0.25, 0.3) is 10.2 Å². The normalized spacial score (nSPS) is 21.5. The van der Waals surface area contributed by atoms with Crippen molar-refractivity contribution < 1.29 is 8.42 Å². The molecule has 3 rings (SSSR count). The summed E-state index contributed by atoms with van der Waals surface area (Å²) < 4.78 is 24.0. The molecule has 0 radical (unpaired) electrons. The Labute approximate surface area is 119 Å². The molecule has 0 saturated carbocycles. The van der Waals surface area contributed by atoms with Gasteiger partial charge in [0.05, 0.1) is 0 Å². The van der Waals surface area contributed by atoms with E-state index in [1.165, 1.54) is 15.6 Å². The van der Waals surface area contributed by atoms with Gasteiger partial charge in [0.1, 0.15) is 0 Å². The van der Waals surface area contributed by atoms with Gasteiger partial charge in [-0.2, -0.15) is 12.7 Å². The number of fused-ring (bicyclic) bond motifs is 2. The van der Waals surface area contributed by atoms with Gasteiger partial charge in [-0.3, -0.25) is 0 Å². The summed E-state index contributed by atoms with van der Waals surface area (Å²) in [6, 6.07) is 8.28. The Morgan fingerprint density at radius 2 is 1.84 bits per heavy atom. The fraction of sp³-hybridized carbons (Fsp3) is 0.500. The van der Waals surface area contributed by atoms with Crippen LogP contribution >= 0.6 is 12.4 Å². The summed E-state index contributed by atoms with van der Waals surface area (Å²) in [4.78, 5) is 0. The molecule has 0 bridgehead atoms. The Balaban J connectivity index is 0.00000133. The lowest BCUT2D eigenvalue weighted by Gasteiger charge is -2.37. The minimum absolute atomic E-state index is 0. The lowest BCUT2D eigenvalue weighted by atomic mass is 9.75. The van der Waals surface area contributed by atoms with E-state index in [1.54, 1.807) is 0 Å². The number of piperidine rings is 1. The van der Waals surface area contributed by atoms with Gasteiger partial charge < -0.3 is 5.32 Å². The van der Waals surface area contributed by atoms with Crippen LogP contribution in [0.5, 0.6) is 0 Å². The number of halogens is 1. The molecule has 0 aromatic heterocycles. The number of benzene rings is 1. The van der Waals surface area contributed by atoms with Crippen molar-refractivity contribution in [2.75, 3.05) is 25.0 Å². The van der Waals surface area contributed by atoms with Gasteiger partial charge in [-0.05, 0) is 24.5 Å². The standard InChI is InChI=1S/C12H17N3O2S.ClH/c13-18(16,17)15-7-5-12(6-8-15)9-14-11-4-2-1-3-10(11)12;/h1-4,14H,5-9H2,(H2,13,16,17);1H. The summed E-state index contributed by atoms with van der Waals surface area (Å²) in [5.74, 6) is 0. The van der Waals surface area contributed by atoms with Crippen molar-refractivity contribution in [3.63, 3.8) is 0 Å². The SMILES string of the molecule is Cl.NS(=O)(=O)N1CCC2(CC1)CNc1ccccc12. The van der Waals surface area contributed by atoms with Gasteiger partial charge >= 0.3 is 0 Å². The number of hydrogen-bond donors (Lipinski definition) is 2. The zero-order valence-electron chi connectivity index (χ0n) is 10.5. The van der Waals surface area contributed by atoms with Gasteiger partial charge in [-0.15, -0.1) is 12.4 Å². The van der Waals surface area contributed by atoms with E-state index in [9.17, 15) is 8.42 Å². The fourth-order valence-electron chi connectivity index (χ4n) is 3.07. The second kappa shape index (κ2) is 4.94. The van der Waals surface area contributed by atoms with Crippen LogP contribution in [0.15, 0.2) is 24.3 Å². The minimum Gasteiger partial charge on any atom is -0.384 e. The third kappa shape index (κ3) is 2.45. The summed E-state index contributed by atoms with van der Waals surface area (Å²) in [5, 5.41) is 8.59. The minimum atomic E-state index is -3.54. The van der Waals surface area contributed by atoms with Crippen LogP contribution in [0.4, 0.5) is 5.69 Å². The number of nitrogens with zero attached hydrogens (tertiary/aromatic N) is 1. The lowest BCUT2D eigenvalue weighted by Crippen LogP contribution is -2.48. The Kier molecular flexibility index (Phi) is 3.79. The first-order chi connectivity index (χ1) is 8.51. The zero-order valence-corrected chi connectivity index (χ0v) is 12.1. The van der Waals surface area contributed by atoms with E-state index in [0.717, 1.165) is 19.4 Å². The van der Waals surface area contributed by atoms with Gasteiger partial charge in [0.15, 0.2) is 0 Å². The van der Waals surface area contributed by atoms with E-state index in [2.05, 4.69) is 17.4 Å². The first kappa shape index (κ1) is 14.6. The smallest absolute Gasteiger partial charge is 0.276 e. The molecule has 2 heterocycles. The maximum atomic E-state index is 11.3. The highest BCUT2D eigenvalue weighted by Crippen LogP contribution is 2.43. The van der Waals surface area contributed by atoms with E-state index < -0.39 is 10.2 Å². The van der Waals surface area contributed by atoms with Gasteiger partial charge in [-0.25, -0.2) is 5.14 Å². The second-order valence-electron chi connectivity index (χ2n) is 5.12. The predicted octanol–water partition coefficient (Wildman–Crippen LogP) is 1.07. The Morgan fingerprint density at radius 1 is 1.21 bits per heavy atom. The van der Waals surface area contributed by atoms with Crippen molar-refractivity contribution in [1.29, 1.82) is 0 Å². The highest BCUT2D eigenvalue weighted by Gasteiger charge is 2.42. The second-order valence-corrected chi connectivity index (χ2v) is 6.67. The summed E-state index contributed by atoms with van der Waals surface area (Å²) in [6.45, 7) is 1.91. The van der Waals surface area contributed by atoms with Crippen LogP contribution in [0.1, 0.15) is 18.4 Å². The molecule has 2 aliphatic rings. The summed E-state index contributed by atoms with van der Waals surface area (Å²) in [7, 11) is -3.54. The highest BCUT2D eigenvalue weighted by atomic mass is 35.5. The molecule has 1 saturated heterocycles. The third-order valence-electron chi connectivity index (χ3n) is 4.16. The van der Waals surface area contributed by atoms with Crippen molar-refractivity contribution in [3.8, 4) is 0 Å². The molecular formula is C12H18ClN3O2S. The quantitative estimate of drug-likeness (QED) is 0.815. The summed E-state index contributed by atoms with van der Waals surface area (Å²) >= 11 is 0. The van der Waals surface area contributed by atoms with Crippen LogP contribution in [0.25, 0.3) is 0 Å². The van der Waals surface area contributed by atoms with Crippen LogP contribution in [-0.4, -0.2) is 32.4 Å². The predicted molar refractivity (Wildman–Crippen MR) is 77.8 cm³/mol. The van der Waals surface area contributed by atoms with Crippen LogP contribution in [0.2, 0.25) is 0 Å². The number of para-hydroxylation sites is 1. The average Bonchev–Trinajstić information content (AvgIpc) is 2.69. The number of nitrogens with one attached hydrogen (secondary N) is 1. The van der Waals surface area contributed by atoms with Crippen molar-refractivity contribution in [2.45, 2.75) is 18.3 Å². The number of anilines is 1. The molecule has 0 unspecified atom stereocenters. The number of nitrogens with two attached hydrogens (primary N) is 1. The molecule has 1 spiro atoms. The molecule has 1 aromatic carbocycles. The van der Waals surface area contributed by atoms with Crippen molar-refractivity contribution in [3.05, 3.63) is 29.8 Å². The highest BCUT2D eigenvalue weighted by molar-refractivity contribution is 7.86. The molecule has 3 N–H and O–H groups in total. The van der Waals surface area contributed by atoms with E-state index >= 15 is 0 Å². The van der Waals surface area contributed by atoms with E-state index in [0.29, 0.717) is 13.1 Å². The van der Waals surface area contributed by atoms with Crippen molar-refractivity contribution in [2.24, 2.45) is 5.14 Å². The largest absolute Gasteiger partial charge is 0.384 e. The Hall–Kier alpha value is -0.820. The molecular weight excluding hydrogens is 286 g/mol. The molecule has 7 heteroatoms. The topological polar surface area (TPSA) is 75.4 Å². The van der Waals surface area contributed by atoms with Crippen LogP contribution in [0, 0.1) is 0 Å². The van der Waals surface area contributed by atoms with Gasteiger partial charge in [0.2, 0.25) is 0 Å². The molecule has 0 atom stereocenters. The van der Waals surface area contributed by atoms with Gasteiger partial charge in [-0.1, -0.05) is 18.2 Å². The summed E-state index contributed by atoms with van der Waals surface area (Å²) in [6.07, 6.45) is 1.65. The van der Waals surface area contributed by atoms with E-state index in [-0.39, 0.29) is 17.8 Å². The lowest BCUT2D eigenvalue weighted by molar-refractivity contribution is 0.249. The number of rotatable bonds is 1. The monoisotopic (exact) mass is 303 g/mol. The molecule has 1 fully saturated rings. The van der Waals surface area contributed by atoms with E-state index in [1.807, 2.05) is 12.1 Å². The number of hydrogen-bond acceptors (Lipinski definition) is 3. The maximum absolute atomic E-state index is 11.3. The molecule has 0 amide bonds. The van der Waals surface area contributed by atoms with Crippen LogP contribution in [0.3, 0.4) is 0 Å². The zero-order chi connectivity index (χ0) is 12.8. The van der Waals surface area contributed by atoms with E-state index in [4.69, 9.17) is 5.14 Å². The average molecular weight is 304 g/mol. The molecule has 5 nitrogen and oxygen atoms in total. The molecule has 19 heavy (non-hydrogen) atoms. The Bertz CT molecular complexity index is 568. The van der Waals surface area contributed by atoms with Crippen molar-refractivity contribution in [1.82, 2.24) is 4.31 Å². The summed E-state index contributed by atoms with van der Waals surface area (Å²) in [5.41, 5.74) is 2.58.